The van der Waals surface area contributed by atoms with Crippen LogP contribution >= 0.6 is 15.2 Å². The highest BCUT2D eigenvalue weighted by Gasteiger charge is 2.43. The molecule has 0 aliphatic carbocycles. The van der Waals surface area contributed by atoms with E-state index in [4.69, 9.17) is 0 Å². The van der Waals surface area contributed by atoms with Crippen LogP contribution in [0.5, 0.6) is 0 Å². The lowest BCUT2D eigenvalue weighted by atomic mass is 10.1. The Kier molecular flexibility index (Phi) is 8.08. The molecule has 7 nitrogen and oxygen atoms in total. The zero-order chi connectivity index (χ0) is 17.5. The molecule has 0 bridgehead atoms. The molecule has 9 heteroatoms. The van der Waals surface area contributed by atoms with Gasteiger partial charge in [0.25, 0.3) is 0 Å². The number of aromatic nitrogens is 1. The van der Waals surface area contributed by atoms with Crippen molar-refractivity contribution in [3.63, 3.8) is 0 Å². The van der Waals surface area contributed by atoms with Gasteiger partial charge < -0.3 is 19.6 Å². The van der Waals surface area contributed by atoms with Gasteiger partial charge in [-0.3, -0.25) is 9.13 Å². The molecule has 23 heavy (non-hydrogen) atoms. The van der Waals surface area contributed by atoms with Crippen LogP contribution in [-0.4, -0.2) is 25.0 Å². The molecular weight excluding hydrogens is 340 g/mol. The van der Waals surface area contributed by atoms with Crippen molar-refractivity contribution in [1.82, 2.24) is 0 Å². The van der Waals surface area contributed by atoms with E-state index < -0.39 is 20.6 Å². The van der Waals surface area contributed by atoms with Crippen LogP contribution in [0.2, 0.25) is 0 Å². The Morgan fingerprint density at radius 3 is 2.22 bits per heavy atom. The Morgan fingerprint density at radius 1 is 1.04 bits per heavy atom. The summed E-state index contributed by atoms with van der Waals surface area (Å²) in [4.78, 5) is 36.7. The second-order valence-electron chi connectivity index (χ2n) is 5.73. The Balaban J connectivity index is 2.72. The molecule has 0 saturated heterocycles. The topological polar surface area (TPSA) is 119 Å². The van der Waals surface area contributed by atoms with Crippen molar-refractivity contribution in [2.45, 2.75) is 57.4 Å². The molecule has 0 aromatic carbocycles. The standard InChI is InChI=1S/C14H25NO6P2/c1-2-3-4-5-6-9-15-10-7-8-13(12-15)11-14(22(16,17)18)23(19,20)21/h7-8,10,12,14H,2-6,9,11H2,1H3,(H3-,16,17,18,19,20,21)/p+1. The maximum atomic E-state index is 11.3. The van der Waals surface area contributed by atoms with E-state index in [9.17, 15) is 28.7 Å². The SMILES string of the molecule is CCCCCCC[n+]1cccc(CC(P(=O)(O)O)P(=O)(O)O)c1. The zero-order valence-electron chi connectivity index (χ0n) is 13.3. The summed E-state index contributed by atoms with van der Waals surface area (Å²) >= 11 is 0. The molecule has 1 heterocycles. The number of aryl methyl sites for hydroxylation is 1. The lowest BCUT2D eigenvalue weighted by molar-refractivity contribution is -0.697. The first-order valence-corrected chi connectivity index (χ1v) is 11.1. The van der Waals surface area contributed by atoms with E-state index in [0.29, 0.717) is 5.56 Å². The first-order valence-electron chi connectivity index (χ1n) is 7.73. The summed E-state index contributed by atoms with van der Waals surface area (Å²) in [5.74, 6) is 0. The van der Waals surface area contributed by atoms with E-state index in [1.54, 1.807) is 18.3 Å². The van der Waals surface area contributed by atoms with Gasteiger partial charge in [-0.15, -0.1) is 0 Å². The Morgan fingerprint density at radius 2 is 1.65 bits per heavy atom. The minimum absolute atomic E-state index is 0.356. The van der Waals surface area contributed by atoms with Gasteiger partial charge in [-0.2, -0.15) is 0 Å². The summed E-state index contributed by atoms with van der Waals surface area (Å²) in [6.07, 6.45) is 8.84. The molecule has 0 saturated carbocycles. The summed E-state index contributed by atoms with van der Waals surface area (Å²) in [6.45, 7) is 2.92. The van der Waals surface area contributed by atoms with Gasteiger partial charge in [-0.05, 0) is 12.5 Å². The Labute approximate surface area is 136 Å². The largest absolute Gasteiger partial charge is 0.341 e. The molecule has 0 aliphatic rings. The number of pyridine rings is 1. The van der Waals surface area contributed by atoms with Crippen molar-refractivity contribution >= 4 is 15.2 Å². The molecule has 0 aliphatic heterocycles. The molecule has 0 fully saturated rings. The normalized spacial score (nSPS) is 12.8. The Hall–Kier alpha value is -0.550. The fourth-order valence-corrected chi connectivity index (χ4v) is 4.84. The number of nitrogens with zero attached hydrogens (tertiary/aromatic N) is 1. The van der Waals surface area contributed by atoms with Crippen LogP contribution in [-0.2, 0) is 22.1 Å². The van der Waals surface area contributed by atoms with Crippen LogP contribution in [0.25, 0.3) is 0 Å². The van der Waals surface area contributed by atoms with Crippen LogP contribution in [0.3, 0.4) is 0 Å². The molecule has 0 amide bonds. The van der Waals surface area contributed by atoms with Crippen molar-refractivity contribution in [2.75, 3.05) is 0 Å². The third-order valence-electron chi connectivity index (χ3n) is 3.63. The molecule has 0 radical (unpaired) electrons. The second-order valence-corrected chi connectivity index (χ2v) is 9.74. The number of unbranched alkanes of at least 4 members (excludes halogenated alkanes) is 4. The molecule has 4 N–H and O–H groups in total. The highest BCUT2D eigenvalue weighted by Crippen LogP contribution is 2.60. The van der Waals surface area contributed by atoms with E-state index >= 15 is 0 Å². The number of hydrogen-bond donors (Lipinski definition) is 4. The van der Waals surface area contributed by atoms with Crippen LogP contribution in [0.15, 0.2) is 24.5 Å². The summed E-state index contributed by atoms with van der Waals surface area (Å²) in [6, 6.07) is 3.34. The molecular formula is C14H26NO6P2+. The highest BCUT2D eigenvalue weighted by molar-refractivity contribution is 7.70. The van der Waals surface area contributed by atoms with Crippen molar-refractivity contribution < 1.29 is 33.3 Å². The summed E-state index contributed by atoms with van der Waals surface area (Å²) in [7, 11) is -9.77. The average molecular weight is 366 g/mol. The van der Waals surface area contributed by atoms with Gasteiger partial charge in [0.2, 0.25) is 0 Å². The van der Waals surface area contributed by atoms with E-state index in [1.807, 2.05) is 10.8 Å². The Bertz CT molecular complexity index is 560. The van der Waals surface area contributed by atoms with Crippen LogP contribution in [0, 0.1) is 0 Å². The summed E-state index contributed by atoms with van der Waals surface area (Å²) < 4.78 is 24.6. The van der Waals surface area contributed by atoms with Gasteiger partial charge in [-0.25, -0.2) is 4.57 Å². The van der Waals surface area contributed by atoms with E-state index in [2.05, 4.69) is 6.92 Å². The number of hydrogen-bond acceptors (Lipinski definition) is 2. The minimum Gasteiger partial charge on any atom is -0.324 e. The third kappa shape index (κ3) is 7.71. The molecule has 0 unspecified atom stereocenters. The molecule has 1 rings (SSSR count). The van der Waals surface area contributed by atoms with Crippen molar-refractivity contribution in [1.29, 1.82) is 0 Å². The molecule has 0 atom stereocenters. The zero-order valence-corrected chi connectivity index (χ0v) is 15.1. The van der Waals surface area contributed by atoms with Gasteiger partial charge in [0.15, 0.2) is 17.8 Å². The lowest BCUT2D eigenvalue weighted by Crippen LogP contribution is -2.33. The van der Waals surface area contributed by atoms with Crippen LogP contribution < -0.4 is 4.57 Å². The first-order chi connectivity index (χ1) is 10.6. The quantitative estimate of drug-likeness (QED) is 0.286. The van der Waals surface area contributed by atoms with Gasteiger partial charge in [0.05, 0.1) is 0 Å². The molecule has 0 spiro atoms. The fourth-order valence-electron chi connectivity index (χ4n) is 2.38. The second kappa shape index (κ2) is 9.07. The van der Waals surface area contributed by atoms with Gasteiger partial charge in [0.1, 0.15) is 6.54 Å². The maximum absolute atomic E-state index is 11.3. The maximum Gasteiger partial charge on any atom is 0.341 e. The van der Waals surface area contributed by atoms with Gasteiger partial charge in [-0.1, -0.05) is 26.2 Å². The van der Waals surface area contributed by atoms with E-state index in [-0.39, 0.29) is 6.42 Å². The van der Waals surface area contributed by atoms with Crippen molar-refractivity contribution in [3.8, 4) is 0 Å². The summed E-state index contributed by atoms with van der Waals surface area (Å²) in [5.41, 5.74) is 0.498. The first kappa shape index (κ1) is 20.5. The predicted octanol–water partition coefficient (Wildman–Crippen LogP) is 2.17. The van der Waals surface area contributed by atoms with E-state index in [1.165, 1.54) is 19.3 Å². The highest BCUT2D eigenvalue weighted by atomic mass is 31.2. The fraction of sp³-hybridized carbons (Fsp3) is 0.643. The lowest BCUT2D eigenvalue weighted by Gasteiger charge is -2.18. The molecule has 1 aromatic rings. The van der Waals surface area contributed by atoms with Crippen molar-refractivity contribution in [2.24, 2.45) is 0 Å². The number of rotatable bonds is 10. The van der Waals surface area contributed by atoms with Gasteiger partial charge >= 0.3 is 15.2 Å². The summed E-state index contributed by atoms with van der Waals surface area (Å²) in [5, 5.41) is -1.99. The molecule has 132 valence electrons. The van der Waals surface area contributed by atoms with Crippen LogP contribution in [0.4, 0.5) is 0 Å². The molecule has 1 aromatic heterocycles. The predicted molar refractivity (Wildman–Crippen MR) is 87.0 cm³/mol. The smallest absolute Gasteiger partial charge is 0.324 e. The van der Waals surface area contributed by atoms with Crippen molar-refractivity contribution in [3.05, 3.63) is 30.1 Å². The van der Waals surface area contributed by atoms with Gasteiger partial charge in [0, 0.05) is 24.5 Å². The third-order valence-corrected chi connectivity index (χ3v) is 7.36. The van der Waals surface area contributed by atoms with Crippen LogP contribution in [0.1, 0.15) is 44.6 Å². The minimum atomic E-state index is -4.88. The average Bonchev–Trinajstić information content (AvgIpc) is 2.43. The van der Waals surface area contributed by atoms with E-state index in [0.717, 1.165) is 19.4 Å². The monoisotopic (exact) mass is 366 g/mol.